The van der Waals surface area contributed by atoms with E-state index in [0.29, 0.717) is 12.3 Å². The number of benzene rings is 1. The molecule has 0 aromatic heterocycles. The lowest BCUT2D eigenvalue weighted by molar-refractivity contribution is -0.165. The summed E-state index contributed by atoms with van der Waals surface area (Å²) >= 11 is 0. The highest BCUT2D eigenvalue weighted by molar-refractivity contribution is 6.07. The zero-order valence-corrected chi connectivity index (χ0v) is 27.8. The second-order valence-electron chi connectivity index (χ2n) is 15.3. The molecule has 5 heteroatoms. The molecule has 2 N–H and O–H groups in total. The third-order valence-corrected chi connectivity index (χ3v) is 11.0. The first kappa shape index (κ1) is 33.0. The lowest BCUT2D eigenvalue weighted by Crippen LogP contribution is -2.76. The van der Waals surface area contributed by atoms with Gasteiger partial charge in [-0.05, 0) is 67.1 Å². The van der Waals surface area contributed by atoms with E-state index >= 15 is 0 Å². The van der Waals surface area contributed by atoms with E-state index in [-0.39, 0.29) is 22.6 Å². The van der Waals surface area contributed by atoms with Crippen LogP contribution in [0, 0.1) is 0 Å². The van der Waals surface area contributed by atoms with Gasteiger partial charge in [0.05, 0.1) is 17.6 Å². The summed E-state index contributed by atoms with van der Waals surface area (Å²) in [6.45, 7) is 13.7. The molecule has 0 bridgehead atoms. The molecular weight excluding hydrogens is 520 g/mol. The van der Waals surface area contributed by atoms with Crippen molar-refractivity contribution in [2.75, 3.05) is 0 Å². The Bertz CT molecular complexity index is 1010. The highest BCUT2D eigenvalue weighted by atomic mass is 16.3. The molecule has 3 fully saturated rings. The summed E-state index contributed by atoms with van der Waals surface area (Å²) in [5, 5.41) is 15.6. The van der Waals surface area contributed by atoms with Gasteiger partial charge >= 0.3 is 0 Å². The fourth-order valence-electron chi connectivity index (χ4n) is 8.21. The first-order valence-electron chi connectivity index (χ1n) is 17.4. The fraction of sp³-hybridized carbons (Fsp3) is 0.784. The lowest BCUT2D eigenvalue weighted by atomic mass is 9.71. The summed E-state index contributed by atoms with van der Waals surface area (Å²) in [6, 6.07) is 4.24. The van der Waals surface area contributed by atoms with Crippen molar-refractivity contribution in [3.8, 4) is 5.75 Å². The average Bonchev–Trinajstić information content (AvgIpc) is 2.96. The Kier molecular flexibility index (Phi) is 10.5. The number of carbonyl (C=O) groups excluding carboxylic acids is 2. The van der Waals surface area contributed by atoms with Gasteiger partial charge in [0.1, 0.15) is 5.75 Å². The summed E-state index contributed by atoms with van der Waals surface area (Å²) in [5.41, 5.74) is 1.24. The molecule has 2 spiro atoms. The Morgan fingerprint density at radius 2 is 1.12 bits per heavy atom. The molecular formula is C37H60N2O3. The second-order valence-corrected chi connectivity index (χ2v) is 15.3. The SMILES string of the molecule is CCCCCC(C)(C)c1cc(CN2C(=O)C3(CCCCC3)NC3(CCCCC3)C2=O)cc(C(C)(C)CCCCC)c1O. The molecule has 1 saturated heterocycles. The molecule has 2 aliphatic carbocycles. The Morgan fingerprint density at radius 3 is 1.50 bits per heavy atom. The van der Waals surface area contributed by atoms with Crippen LogP contribution in [0.4, 0.5) is 0 Å². The van der Waals surface area contributed by atoms with Crippen LogP contribution in [-0.2, 0) is 27.0 Å². The number of carbonyl (C=O) groups is 2. The van der Waals surface area contributed by atoms with Crippen molar-refractivity contribution in [1.29, 1.82) is 0 Å². The van der Waals surface area contributed by atoms with E-state index in [1.807, 2.05) is 0 Å². The number of phenolic OH excluding ortho intramolecular Hbond substituents is 1. The van der Waals surface area contributed by atoms with Crippen LogP contribution < -0.4 is 5.32 Å². The van der Waals surface area contributed by atoms with Gasteiger partial charge in [0.2, 0.25) is 11.8 Å². The highest BCUT2D eigenvalue weighted by Crippen LogP contribution is 2.45. The molecule has 0 atom stereocenters. The Hall–Kier alpha value is -1.88. The molecule has 0 unspecified atom stereocenters. The first-order valence-corrected chi connectivity index (χ1v) is 17.4. The van der Waals surface area contributed by atoms with Crippen LogP contribution in [0.5, 0.6) is 5.75 Å². The zero-order chi connectivity index (χ0) is 30.6. The monoisotopic (exact) mass is 580 g/mol. The van der Waals surface area contributed by atoms with E-state index in [4.69, 9.17) is 0 Å². The van der Waals surface area contributed by atoms with E-state index in [0.717, 1.165) is 119 Å². The summed E-state index contributed by atoms with van der Waals surface area (Å²) in [6.07, 6.45) is 18.6. The molecule has 0 radical (unpaired) electrons. The normalized spacial score (nSPS) is 21.0. The van der Waals surface area contributed by atoms with Crippen molar-refractivity contribution in [3.05, 3.63) is 28.8 Å². The van der Waals surface area contributed by atoms with Crippen molar-refractivity contribution in [2.24, 2.45) is 0 Å². The molecule has 1 aromatic rings. The molecule has 1 aromatic carbocycles. The van der Waals surface area contributed by atoms with Gasteiger partial charge in [0.15, 0.2) is 0 Å². The predicted octanol–water partition coefficient (Wildman–Crippen LogP) is 8.97. The van der Waals surface area contributed by atoms with Crippen LogP contribution in [0.15, 0.2) is 12.1 Å². The molecule has 4 rings (SSSR count). The van der Waals surface area contributed by atoms with E-state index in [9.17, 15) is 14.7 Å². The number of hydrogen-bond donors (Lipinski definition) is 2. The average molecular weight is 581 g/mol. The summed E-state index contributed by atoms with van der Waals surface area (Å²) in [5.74, 6) is 0.361. The van der Waals surface area contributed by atoms with Crippen LogP contribution in [-0.4, -0.2) is 32.9 Å². The molecule has 1 aliphatic heterocycles. The van der Waals surface area contributed by atoms with Crippen LogP contribution in [0.3, 0.4) is 0 Å². The third kappa shape index (κ3) is 6.76. The predicted molar refractivity (Wildman–Crippen MR) is 173 cm³/mol. The van der Waals surface area contributed by atoms with Crippen LogP contribution in [0.1, 0.15) is 174 Å². The summed E-state index contributed by atoms with van der Waals surface area (Å²) in [4.78, 5) is 30.3. The van der Waals surface area contributed by atoms with Gasteiger partial charge in [0, 0.05) is 11.1 Å². The first-order chi connectivity index (χ1) is 19.9. The van der Waals surface area contributed by atoms with Crippen molar-refractivity contribution in [3.63, 3.8) is 0 Å². The minimum atomic E-state index is -0.620. The number of imide groups is 1. The number of hydrogen-bond acceptors (Lipinski definition) is 4. The molecule has 2 amide bonds. The van der Waals surface area contributed by atoms with E-state index < -0.39 is 11.1 Å². The number of unbranched alkanes of at least 4 members (excludes halogenated alkanes) is 4. The largest absolute Gasteiger partial charge is 0.507 e. The molecule has 2 saturated carbocycles. The molecule has 5 nitrogen and oxygen atoms in total. The van der Waals surface area contributed by atoms with Gasteiger partial charge in [0.25, 0.3) is 0 Å². The van der Waals surface area contributed by atoms with Gasteiger partial charge < -0.3 is 5.11 Å². The quantitative estimate of drug-likeness (QED) is 0.191. The zero-order valence-electron chi connectivity index (χ0n) is 27.8. The van der Waals surface area contributed by atoms with E-state index in [1.165, 1.54) is 12.8 Å². The Morgan fingerprint density at radius 1 is 0.714 bits per heavy atom. The number of piperazine rings is 1. The number of rotatable bonds is 12. The van der Waals surface area contributed by atoms with Gasteiger partial charge in [-0.3, -0.25) is 19.8 Å². The van der Waals surface area contributed by atoms with Crippen LogP contribution >= 0.6 is 0 Å². The van der Waals surface area contributed by atoms with E-state index in [2.05, 4.69) is 59.0 Å². The lowest BCUT2D eigenvalue weighted by Gasteiger charge is -2.53. The van der Waals surface area contributed by atoms with Gasteiger partial charge in [-0.25, -0.2) is 0 Å². The minimum absolute atomic E-state index is 0.0241. The summed E-state index contributed by atoms with van der Waals surface area (Å²) in [7, 11) is 0. The maximum atomic E-state index is 14.3. The maximum absolute atomic E-state index is 14.3. The fourth-order valence-corrected chi connectivity index (χ4v) is 8.21. The van der Waals surface area contributed by atoms with Crippen molar-refractivity contribution in [2.45, 2.75) is 186 Å². The Balaban J connectivity index is 1.77. The topological polar surface area (TPSA) is 69.6 Å². The number of phenols is 1. The molecule has 1 heterocycles. The molecule has 236 valence electrons. The molecule has 42 heavy (non-hydrogen) atoms. The number of nitrogens with zero attached hydrogens (tertiary/aromatic N) is 1. The number of aromatic hydroxyl groups is 1. The number of nitrogens with one attached hydrogen (secondary N) is 1. The van der Waals surface area contributed by atoms with Crippen molar-refractivity contribution >= 4 is 11.8 Å². The van der Waals surface area contributed by atoms with Crippen molar-refractivity contribution < 1.29 is 14.7 Å². The van der Waals surface area contributed by atoms with Gasteiger partial charge in [-0.15, -0.1) is 0 Å². The highest BCUT2D eigenvalue weighted by Gasteiger charge is 2.58. The van der Waals surface area contributed by atoms with Crippen LogP contribution in [0.2, 0.25) is 0 Å². The van der Waals surface area contributed by atoms with Crippen LogP contribution in [0.25, 0.3) is 0 Å². The van der Waals surface area contributed by atoms with E-state index in [1.54, 1.807) is 4.90 Å². The smallest absolute Gasteiger partial charge is 0.249 e. The summed E-state index contributed by atoms with van der Waals surface area (Å²) < 4.78 is 0. The van der Waals surface area contributed by atoms with Crippen molar-refractivity contribution in [1.82, 2.24) is 10.2 Å². The van der Waals surface area contributed by atoms with Gasteiger partial charge in [-0.2, -0.15) is 0 Å². The maximum Gasteiger partial charge on any atom is 0.249 e. The number of amides is 2. The minimum Gasteiger partial charge on any atom is -0.507 e. The third-order valence-electron chi connectivity index (χ3n) is 11.0. The second kappa shape index (κ2) is 13.4. The standard InChI is InChI=1S/C37H60N2O3/c1-7-9-13-19-34(3,4)29-25-28(26-30(31(29)40)35(5,6)20-14-10-8-2)27-39-32(41)36(21-15-11-16-22-36)38-37(33(39)42)23-17-12-18-24-37/h25-26,38,40H,7-24,27H2,1-6H3. The van der Waals surface area contributed by atoms with Gasteiger partial charge in [-0.1, -0.05) is 119 Å². The Labute approximate surface area is 256 Å². The molecule has 3 aliphatic rings.